The number of halogens is 2. The molecule has 0 unspecified atom stereocenters. The molecule has 1 aliphatic heterocycles. The van der Waals surface area contributed by atoms with E-state index in [9.17, 15) is 19.1 Å². The molecule has 186 valence electrons. The summed E-state index contributed by atoms with van der Waals surface area (Å²) < 4.78 is 15.6. The zero-order chi connectivity index (χ0) is 24.7. The van der Waals surface area contributed by atoms with Crippen molar-refractivity contribution in [2.24, 2.45) is 11.8 Å². The number of amides is 2. The molecule has 7 rings (SSSR count). The molecule has 1 saturated heterocycles. The molecule has 3 heterocycles. The fourth-order valence-corrected chi connectivity index (χ4v) is 6.40. The van der Waals surface area contributed by atoms with Crippen molar-refractivity contribution in [1.82, 2.24) is 19.4 Å². The van der Waals surface area contributed by atoms with E-state index in [1.807, 2.05) is 18.2 Å². The monoisotopic (exact) mass is 508 g/mol. The van der Waals surface area contributed by atoms with Gasteiger partial charge < -0.3 is 14.9 Å². The number of benzene rings is 1. The fourth-order valence-electron chi connectivity index (χ4n) is 6.15. The number of hydrogen-bond acceptors (Lipinski definition) is 4. The summed E-state index contributed by atoms with van der Waals surface area (Å²) in [5.74, 6) is 0.373. The molecule has 9 heteroatoms. The lowest BCUT2D eigenvalue weighted by molar-refractivity contribution is -0.140. The second-order valence-electron chi connectivity index (χ2n) is 10.7. The summed E-state index contributed by atoms with van der Waals surface area (Å²) in [5, 5.41) is 15.3. The molecule has 2 amide bonds. The molecule has 0 bridgehead atoms. The zero-order valence-corrected chi connectivity index (χ0v) is 20.4. The van der Waals surface area contributed by atoms with Crippen molar-refractivity contribution >= 4 is 28.9 Å². The van der Waals surface area contributed by atoms with Crippen molar-refractivity contribution in [1.29, 1.82) is 0 Å². The van der Waals surface area contributed by atoms with Crippen molar-refractivity contribution in [2.45, 2.75) is 43.7 Å². The number of aliphatic hydroxyl groups is 1. The van der Waals surface area contributed by atoms with Crippen LogP contribution in [-0.4, -0.2) is 68.1 Å². The van der Waals surface area contributed by atoms with Gasteiger partial charge in [-0.3, -0.25) is 9.59 Å². The van der Waals surface area contributed by atoms with Gasteiger partial charge in [0.2, 0.25) is 5.91 Å². The molecule has 3 aliphatic carbocycles. The molecule has 4 aliphatic rings. The van der Waals surface area contributed by atoms with Gasteiger partial charge in [-0.25, -0.2) is 8.91 Å². The van der Waals surface area contributed by atoms with Gasteiger partial charge in [-0.15, -0.1) is 0 Å². The molecule has 1 N–H and O–H groups in total. The van der Waals surface area contributed by atoms with Crippen LogP contribution in [0.3, 0.4) is 0 Å². The summed E-state index contributed by atoms with van der Waals surface area (Å²) in [6, 6.07) is 10.1. The van der Waals surface area contributed by atoms with Crippen LogP contribution in [0.25, 0.3) is 16.8 Å². The minimum Gasteiger partial charge on any atom is -0.391 e. The molecular weight excluding hydrogens is 483 g/mol. The number of aromatic nitrogens is 2. The van der Waals surface area contributed by atoms with Crippen LogP contribution in [-0.2, 0) is 4.79 Å². The zero-order valence-electron chi connectivity index (χ0n) is 19.6. The van der Waals surface area contributed by atoms with Gasteiger partial charge in [0.05, 0.1) is 28.4 Å². The van der Waals surface area contributed by atoms with E-state index in [1.54, 1.807) is 15.5 Å². The number of aliphatic hydroxyl groups excluding tert-OH is 1. The Labute approximate surface area is 212 Å². The Hall–Kier alpha value is -2.97. The average molecular weight is 509 g/mol. The lowest BCUT2D eigenvalue weighted by atomic mass is 10.1. The Balaban J connectivity index is 1.20. The molecule has 3 aromatic rings. The van der Waals surface area contributed by atoms with Gasteiger partial charge in [0, 0.05) is 18.7 Å². The average Bonchev–Trinajstić information content (AvgIpc) is 3.79. The first kappa shape index (κ1) is 22.2. The van der Waals surface area contributed by atoms with Gasteiger partial charge in [-0.2, -0.15) is 5.10 Å². The van der Waals surface area contributed by atoms with Gasteiger partial charge in [-0.05, 0) is 73.3 Å². The lowest BCUT2D eigenvalue weighted by Gasteiger charge is -2.39. The molecule has 0 radical (unpaired) electrons. The first-order valence-electron chi connectivity index (χ1n) is 12.6. The van der Waals surface area contributed by atoms with E-state index in [0.717, 1.165) is 31.2 Å². The predicted molar refractivity (Wildman–Crippen MR) is 131 cm³/mol. The van der Waals surface area contributed by atoms with E-state index in [0.29, 0.717) is 47.6 Å². The van der Waals surface area contributed by atoms with E-state index in [-0.39, 0.29) is 35.0 Å². The third kappa shape index (κ3) is 3.53. The quantitative estimate of drug-likeness (QED) is 0.582. The first-order valence-corrected chi connectivity index (χ1v) is 13.0. The number of rotatable bonds is 4. The lowest BCUT2D eigenvalue weighted by Crippen LogP contribution is -2.57. The van der Waals surface area contributed by atoms with Crippen LogP contribution in [0.2, 0.25) is 5.02 Å². The van der Waals surface area contributed by atoms with E-state index in [2.05, 4.69) is 5.10 Å². The molecule has 0 spiro atoms. The third-order valence-electron chi connectivity index (χ3n) is 8.37. The molecule has 3 saturated carbocycles. The summed E-state index contributed by atoms with van der Waals surface area (Å²) in [4.78, 5) is 29.7. The minimum atomic E-state index is -0.462. The number of pyridine rings is 1. The summed E-state index contributed by atoms with van der Waals surface area (Å²) in [5.41, 5.74) is 3.11. The van der Waals surface area contributed by atoms with Crippen LogP contribution >= 0.6 is 11.6 Å². The maximum absolute atomic E-state index is 14.0. The van der Waals surface area contributed by atoms with E-state index >= 15 is 0 Å². The van der Waals surface area contributed by atoms with Crippen LogP contribution in [0.1, 0.15) is 47.7 Å². The standard InChI is InChI=1S/C27H26ClFN4O3/c28-24-21-11-16(14-4-5-14)10-20(15-2-1-3-18(29)8-15)33(21)30-25(24)27(36)31-6-7-32(23(34)13-31)22-12-17-9-19(17)26(22)35/h1-3,8,10-11,14,17,19,22,26,35H,4-7,9,12-13H2/t17-,19-,22-,26-/m0/s1. The van der Waals surface area contributed by atoms with Crippen molar-refractivity contribution < 1.29 is 19.1 Å². The molecule has 7 nitrogen and oxygen atoms in total. The van der Waals surface area contributed by atoms with Crippen LogP contribution in [0, 0.1) is 17.7 Å². The molecule has 4 fully saturated rings. The Morgan fingerprint density at radius 3 is 2.67 bits per heavy atom. The maximum atomic E-state index is 14.0. The molecule has 1 aromatic carbocycles. The largest absolute Gasteiger partial charge is 0.391 e. The summed E-state index contributed by atoms with van der Waals surface area (Å²) in [6.07, 6.45) is 3.60. The predicted octanol–water partition coefficient (Wildman–Crippen LogP) is 3.72. The van der Waals surface area contributed by atoms with Gasteiger partial charge in [-0.1, -0.05) is 23.7 Å². The normalized spacial score (nSPS) is 27.6. The summed E-state index contributed by atoms with van der Waals surface area (Å²) >= 11 is 6.73. The van der Waals surface area contributed by atoms with Crippen LogP contribution in [0.15, 0.2) is 36.4 Å². The van der Waals surface area contributed by atoms with Crippen LogP contribution in [0.4, 0.5) is 4.39 Å². The second-order valence-corrected chi connectivity index (χ2v) is 11.1. The van der Waals surface area contributed by atoms with Crippen LogP contribution < -0.4 is 0 Å². The molecule has 4 atom stereocenters. The minimum absolute atomic E-state index is 0.0638. The number of piperazine rings is 1. The first-order chi connectivity index (χ1) is 17.4. The molecular formula is C27H26ClFN4O3. The highest BCUT2D eigenvalue weighted by molar-refractivity contribution is 6.37. The third-order valence-corrected chi connectivity index (χ3v) is 8.74. The number of carbonyl (C=O) groups is 2. The number of fused-ring (bicyclic) bond motifs is 2. The highest BCUT2D eigenvalue weighted by Crippen LogP contribution is 2.53. The number of hydrogen-bond donors (Lipinski definition) is 1. The van der Waals surface area contributed by atoms with Gasteiger partial charge in [0.15, 0.2) is 5.69 Å². The summed E-state index contributed by atoms with van der Waals surface area (Å²) in [7, 11) is 0. The Kier molecular flexibility index (Phi) is 4.95. The van der Waals surface area contributed by atoms with Crippen LogP contribution in [0.5, 0.6) is 0 Å². The van der Waals surface area contributed by atoms with E-state index in [1.165, 1.54) is 17.0 Å². The van der Waals surface area contributed by atoms with Crippen molar-refractivity contribution in [3.05, 3.63) is 58.5 Å². The maximum Gasteiger partial charge on any atom is 0.276 e. The number of nitrogens with zero attached hydrogens (tertiary/aromatic N) is 4. The summed E-state index contributed by atoms with van der Waals surface area (Å²) in [6.45, 7) is 0.681. The van der Waals surface area contributed by atoms with Crippen molar-refractivity contribution in [3.63, 3.8) is 0 Å². The van der Waals surface area contributed by atoms with Crippen molar-refractivity contribution in [3.8, 4) is 11.3 Å². The Morgan fingerprint density at radius 1 is 1.14 bits per heavy atom. The van der Waals surface area contributed by atoms with Gasteiger partial charge >= 0.3 is 0 Å². The van der Waals surface area contributed by atoms with E-state index in [4.69, 9.17) is 11.6 Å². The SMILES string of the molecule is O=C(c1nn2c(-c3cccc(F)c3)cc(C3CC3)cc2c1Cl)N1CCN([C@H]2C[C@@H]3C[C@@H]3[C@@H]2O)C(=O)C1. The highest BCUT2D eigenvalue weighted by Gasteiger charge is 2.55. The smallest absolute Gasteiger partial charge is 0.276 e. The second kappa shape index (κ2) is 8.02. The number of carbonyl (C=O) groups excluding carboxylic acids is 2. The van der Waals surface area contributed by atoms with Gasteiger partial charge in [0.25, 0.3) is 5.91 Å². The Bertz CT molecular complexity index is 1420. The molecule has 2 aromatic heterocycles. The van der Waals surface area contributed by atoms with Gasteiger partial charge in [0.1, 0.15) is 12.4 Å². The van der Waals surface area contributed by atoms with Crippen molar-refractivity contribution in [2.75, 3.05) is 19.6 Å². The fraction of sp³-hybridized carbons (Fsp3) is 0.444. The van der Waals surface area contributed by atoms with E-state index < -0.39 is 12.0 Å². The topological polar surface area (TPSA) is 78.2 Å². The highest BCUT2D eigenvalue weighted by atomic mass is 35.5. The molecule has 36 heavy (non-hydrogen) atoms. The Morgan fingerprint density at radius 2 is 1.97 bits per heavy atom.